The molecule has 2 aromatic carbocycles. The van der Waals surface area contributed by atoms with Crippen molar-refractivity contribution in [3.05, 3.63) is 71.0 Å². The summed E-state index contributed by atoms with van der Waals surface area (Å²) in [6, 6.07) is 10.6. The van der Waals surface area contributed by atoms with Crippen molar-refractivity contribution < 1.29 is 24.2 Å². The van der Waals surface area contributed by atoms with Gasteiger partial charge in [-0.3, -0.25) is 9.59 Å². The molecular weight excluding hydrogens is 447 g/mol. The van der Waals surface area contributed by atoms with E-state index in [4.69, 9.17) is 0 Å². The molecule has 0 aliphatic carbocycles. The molecule has 1 amide bonds. The van der Waals surface area contributed by atoms with E-state index in [9.17, 15) is 24.2 Å². The Hall–Kier alpha value is -3.19. The highest BCUT2D eigenvalue weighted by atomic mass is 19.1. The smallest absolute Gasteiger partial charge is 0.295 e. The number of phenols is 1. The van der Waals surface area contributed by atoms with Gasteiger partial charge in [0, 0.05) is 12.1 Å². The summed E-state index contributed by atoms with van der Waals surface area (Å²) in [4.78, 5) is 30.0. The fourth-order valence-electron chi connectivity index (χ4n) is 4.48. The number of aromatic hydroxyl groups is 1. The first-order chi connectivity index (χ1) is 16.9. The number of aliphatic hydroxyl groups is 1. The van der Waals surface area contributed by atoms with E-state index >= 15 is 0 Å². The largest absolute Gasteiger partial charge is 0.508 e. The van der Waals surface area contributed by atoms with Crippen LogP contribution in [0.4, 0.5) is 4.39 Å². The summed E-state index contributed by atoms with van der Waals surface area (Å²) in [6.07, 6.45) is 5.10. The lowest BCUT2D eigenvalue weighted by Crippen LogP contribution is -2.34. The van der Waals surface area contributed by atoms with Gasteiger partial charge < -0.3 is 20.0 Å². The topological polar surface area (TPSA) is 81.1 Å². The van der Waals surface area contributed by atoms with Crippen molar-refractivity contribution in [2.75, 3.05) is 26.2 Å². The van der Waals surface area contributed by atoms with Crippen LogP contribution in [-0.4, -0.2) is 57.9 Å². The first-order valence-corrected chi connectivity index (χ1v) is 12.4. The van der Waals surface area contributed by atoms with Gasteiger partial charge in [0.05, 0.1) is 11.6 Å². The molecular formula is C28H35FN2O4. The molecule has 2 aromatic rings. The van der Waals surface area contributed by atoms with Gasteiger partial charge in [-0.1, -0.05) is 38.8 Å². The van der Waals surface area contributed by atoms with Crippen molar-refractivity contribution in [1.82, 2.24) is 9.80 Å². The third-order valence-corrected chi connectivity index (χ3v) is 6.37. The number of carbonyl (C=O) groups excluding carboxylic acids is 2. The molecule has 188 valence electrons. The molecule has 2 N–H and O–H groups in total. The minimum atomic E-state index is -0.841. The van der Waals surface area contributed by atoms with Gasteiger partial charge in [0.25, 0.3) is 11.7 Å². The summed E-state index contributed by atoms with van der Waals surface area (Å²) >= 11 is 0. The Labute approximate surface area is 206 Å². The molecule has 1 unspecified atom stereocenters. The van der Waals surface area contributed by atoms with E-state index in [1.54, 1.807) is 12.1 Å². The van der Waals surface area contributed by atoms with Crippen molar-refractivity contribution >= 4 is 17.4 Å². The second kappa shape index (κ2) is 12.5. The number of nitrogens with zero attached hydrogens (tertiary/aromatic N) is 2. The summed E-state index contributed by atoms with van der Waals surface area (Å²) in [7, 11) is 0. The quantitative estimate of drug-likeness (QED) is 0.246. The maximum absolute atomic E-state index is 13.4. The minimum absolute atomic E-state index is 0.000163. The maximum Gasteiger partial charge on any atom is 0.295 e. The van der Waals surface area contributed by atoms with Crippen LogP contribution in [0.3, 0.4) is 0 Å². The number of ketones is 1. The summed E-state index contributed by atoms with van der Waals surface area (Å²) < 4.78 is 13.4. The number of unbranched alkanes of at least 4 members (excludes halogenated alkanes) is 2. The predicted octanol–water partition coefficient (Wildman–Crippen LogP) is 5.25. The predicted molar refractivity (Wildman–Crippen MR) is 134 cm³/mol. The Morgan fingerprint density at radius 2 is 1.60 bits per heavy atom. The Morgan fingerprint density at radius 1 is 0.971 bits per heavy atom. The molecule has 1 aliphatic rings. The second-order valence-electron chi connectivity index (χ2n) is 9.00. The number of Topliss-reactive ketones (excluding diaryl/α,β-unsaturated/α-hetero) is 1. The van der Waals surface area contributed by atoms with Crippen LogP contribution in [0.15, 0.2) is 54.1 Å². The first kappa shape index (κ1) is 26.4. The van der Waals surface area contributed by atoms with Gasteiger partial charge in [-0.15, -0.1) is 0 Å². The molecule has 1 heterocycles. The molecule has 0 aromatic heterocycles. The molecule has 3 rings (SSSR count). The van der Waals surface area contributed by atoms with Crippen LogP contribution in [0, 0.1) is 5.82 Å². The fraction of sp³-hybridized carbons (Fsp3) is 0.429. The van der Waals surface area contributed by atoms with Crippen LogP contribution in [0.25, 0.3) is 5.76 Å². The zero-order valence-corrected chi connectivity index (χ0v) is 20.5. The van der Waals surface area contributed by atoms with E-state index in [0.717, 1.165) is 45.3 Å². The lowest BCUT2D eigenvalue weighted by atomic mass is 9.95. The first-order valence-electron chi connectivity index (χ1n) is 12.4. The number of likely N-dealkylation sites (tertiary alicyclic amines) is 1. The third-order valence-electron chi connectivity index (χ3n) is 6.37. The van der Waals surface area contributed by atoms with E-state index in [0.29, 0.717) is 18.5 Å². The van der Waals surface area contributed by atoms with E-state index in [2.05, 4.69) is 18.7 Å². The summed E-state index contributed by atoms with van der Waals surface area (Å²) in [5, 5.41) is 21.1. The lowest BCUT2D eigenvalue weighted by molar-refractivity contribution is -0.140. The van der Waals surface area contributed by atoms with Gasteiger partial charge >= 0.3 is 0 Å². The van der Waals surface area contributed by atoms with Crippen molar-refractivity contribution in [3.63, 3.8) is 0 Å². The van der Waals surface area contributed by atoms with Crippen LogP contribution in [0.5, 0.6) is 5.75 Å². The Balaban J connectivity index is 1.91. The zero-order valence-electron chi connectivity index (χ0n) is 20.5. The standard InChI is InChI=1S/C28H35FN2O4/c1-3-5-15-30(16-6-4-2)17-8-18-31-25(21-9-7-10-23(32)19-21)24(27(34)28(31)35)26(33)20-11-13-22(29)14-12-20/h7,9-14,19,25,32-33H,3-6,8,15-18H2,1-2H3/b26-24-. The Kier molecular flexibility index (Phi) is 9.43. The molecule has 1 aliphatic heterocycles. The Bertz CT molecular complexity index is 1040. The molecule has 0 radical (unpaired) electrons. The highest BCUT2D eigenvalue weighted by molar-refractivity contribution is 6.46. The van der Waals surface area contributed by atoms with Crippen LogP contribution in [0.2, 0.25) is 0 Å². The number of halogens is 1. The number of phenolic OH excluding ortho intramolecular Hbond substituents is 1. The summed E-state index contributed by atoms with van der Waals surface area (Å²) in [5.41, 5.74) is 0.725. The van der Waals surface area contributed by atoms with Gasteiger partial charge in [0.15, 0.2) is 0 Å². The lowest BCUT2D eigenvalue weighted by Gasteiger charge is -2.27. The second-order valence-corrected chi connectivity index (χ2v) is 9.00. The number of carbonyl (C=O) groups is 2. The van der Waals surface area contributed by atoms with Gasteiger partial charge in [-0.2, -0.15) is 0 Å². The summed E-state index contributed by atoms with van der Waals surface area (Å²) in [6.45, 7) is 7.45. The molecule has 0 spiro atoms. The number of aliphatic hydroxyl groups excluding tert-OH is 1. The number of hydrogen-bond acceptors (Lipinski definition) is 5. The van der Waals surface area contributed by atoms with Crippen LogP contribution >= 0.6 is 0 Å². The van der Waals surface area contributed by atoms with Crippen molar-refractivity contribution in [1.29, 1.82) is 0 Å². The van der Waals surface area contributed by atoms with E-state index < -0.39 is 23.5 Å². The van der Waals surface area contributed by atoms with E-state index in [-0.39, 0.29) is 22.6 Å². The molecule has 7 heteroatoms. The molecule has 0 bridgehead atoms. The van der Waals surface area contributed by atoms with Crippen molar-refractivity contribution in [2.45, 2.75) is 52.0 Å². The Morgan fingerprint density at radius 3 is 2.20 bits per heavy atom. The normalized spacial score (nSPS) is 17.5. The monoisotopic (exact) mass is 482 g/mol. The van der Waals surface area contributed by atoms with Crippen molar-refractivity contribution in [3.8, 4) is 5.75 Å². The number of benzene rings is 2. The molecule has 1 atom stereocenters. The molecule has 1 fully saturated rings. The van der Waals surface area contributed by atoms with Crippen LogP contribution in [-0.2, 0) is 9.59 Å². The van der Waals surface area contributed by atoms with Crippen LogP contribution in [0.1, 0.15) is 63.1 Å². The SMILES string of the molecule is CCCCN(CCCC)CCCN1C(=O)C(=O)/C(=C(\O)c2ccc(F)cc2)C1c1cccc(O)c1. The highest BCUT2D eigenvalue weighted by Crippen LogP contribution is 2.40. The fourth-order valence-corrected chi connectivity index (χ4v) is 4.48. The molecule has 35 heavy (non-hydrogen) atoms. The van der Waals surface area contributed by atoms with Gasteiger partial charge in [0.2, 0.25) is 0 Å². The molecule has 1 saturated heterocycles. The average molecular weight is 483 g/mol. The number of rotatable bonds is 12. The van der Waals surface area contributed by atoms with Gasteiger partial charge in [0.1, 0.15) is 17.3 Å². The molecule has 0 saturated carbocycles. The van der Waals surface area contributed by atoms with Crippen LogP contribution < -0.4 is 0 Å². The maximum atomic E-state index is 13.4. The summed E-state index contributed by atoms with van der Waals surface area (Å²) in [5.74, 6) is -2.29. The van der Waals surface area contributed by atoms with Gasteiger partial charge in [-0.05, 0) is 80.9 Å². The highest BCUT2D eigenvalue weighted by Gasteiger charge is 2.45. The minimum Gasteiger partial charge on any atom is -0.508 e. The number of hydrogen-bond donors (Lipinski definition) is 2. The third kappa shape index (κ3) is 6.48. The van der Waals surface area contributed by atoms with E-state index in [1.807, 2.05) is 0 Å². The number of amides is 1. The van der Waals surface area contributed by atoms with E-state index in [1.165, 1.54) is 41.3 Å². The zero-order chi connectivity index (χ0) is 25.4. The van der Waals surface area contributed by atoms with Gasteiger partial charge in [-0.25, -0.2) is 4.39 Å². The van der Waals surface area contributed by atoms with Crippen molar-refractivity contribution in [2.24, 2.45) is 0 Å². The molecule has 6 nitrogen and oxygen atoms in total. The average Bonchev–Trinajstić information content (AvgIpc) is 3.10.